The van der Waals surface area contributed by atoms with Crippen molar-refractivity contribution in [2.75, 3.05) is 4.90 Å². The molecule has 9 heteroatoms. The minimum Gasteiger partial charge on any atom is -0.481 e. The minimum absolute atomic E-state index is 0. The number of anilines is 1. The van der Waals surface area contributed by atoms with E-state index in [1.807, 2.05) is 30.3 Å². The first-order chi connectivity index (χ1) is 10.3. The van der Waals surface area contributed by atoms with E-state index in [0.29, 0.717) is 0 Å². The van der Waals surface area contributed by atoms with E-state index in [-0.39, 0.29) is 5.48 Å². The molecule has 1 unspecified atom stereocenters. The normalized spacial score (nSPS) is 12.8. The van der Waals surface area contributed by atoms with Crippen LogP contribution in [-0.2, 0) is 16.0 Å². The van der Waals surface area contributed by atoms with Crippen LogP contribution in [0.15, 0.2) is 36.5 Å². The van der Waals surface area contributed by atoms with Crippen LogP contribution in [0.1, 0.15) is 12.0 Å². The monoisotopic (exact) mass is 327 g/mol. The van der Waals surface area contributed by atoms with Gasteiger partial charge in [-0.3, -0.25) is 9.69 Å². The van der Waals surface area contributed by atoms with Crippen LogP contribution in [0.4, 0.5) is 10.5 Å². The Morgan fingerprint density at radius 3 is 2.22 bits per heavy atom. The second-order valence-corrected chi connectivity index (χ2v) is 4.32. The highest BCUT2D eigenvalue weighted by Gasteiger charge is 2.17. The van der Waals surface area contributed by atoms with Crippen molar-refractivity contribution in [2.45, 2.75) is 18.9 Å². The van der Waals surface area contributed by atoms with E-state index in [9.17, 15) is 14.4 Å². The molecular weight excluding hydrogens is 310 g/mol. The van der Waals surface area contributed by atoms with Crippen molar-refractivity contribution < 1.29 is 40.3 Å². The van der Waals surface area contributed by atoms with Crippen molar-refractivity contribution in [1.29, 1.82) is 0 Å². The summed E-state index contributed by atoms with van der Waals surface area (Å²) in [4.78, 5) is 31.4. The van der Waals surface area contributed by atoms with Crippen LogP contribution in [-0.4, -0.2) is 50.0 Å². The molecule has 126 valence electrons. The summed E-state index contributed by atoms with van der Waals surface area (Å²) >= 11 is 0. The number of aliphatic hydroxyl groups excluding tert-OH is 1. The van der Waals surface area contributed by atoms with E-state index >= 15 is 0 Å². The number of carboxylic acid groups (broad SMARTS) is 3. The van der Waals surface area contributed by atoms with Gasteiger partial charge in [0.15, 0.2) is 6.10 Å². The van der Waals surface area contributed by atoms with Gasteiger partial charge in [-0.25, -0.2) is 9.59 Å². The lowest BCUT2D eigenvalue weighted by Crippen LogP contribution is -2.25. The molecular formula is C14H17NO8. The van der Waals surface area contributed by atoms with Crippen LogP contribution in [0.3, 0.4) is 0 Å². The minimum atomic E-state index is -1.79. The largest absolute Gasteiger partial charge is 0.481 e. The standard InChI is InChI=1S/C10H9NO2.C4H6O5.H2O/c12-10(13)11-7-3-5-8-4-1-2-6-9(8)11;5-2(4(8)9)1-3(6)7;/h1-4,6-7H,5H2,(H,12,13);2,5H,1H2,(H,6,7)(H,8,9);1H2. The molecule has 0 bridgehead atoms. The van der Waals surface area contributed by atoms with Crippen LogP contribution in [0.25, 0.3) is 0 Å². The van der Waals surface area contributed by atoms with Gasteiger partial charge in [0.2, 0.25) is 0 Å². The fourth-order valence-corrected chi connectivity index (χ4v) is 1.70. The summed E-state index contributed by atoms with van der Waals surface area (Å²) in [5.74, 6) is -2.85. The Hall–Kier alpha value is -2.91. The van der Waals surface area contributed by atoms with Crippen molar-refractivity contribution >= 4 is 23.7 Å². The Labute approximate surface area is 131 Å². The molecule has 2 rings (SSSR count). The van der Waals surface area contributed by atoms with Gasteiger partial charge in [-0.1, -0.05) is 24.3 Å². The van der Waals surface area contributed by atoms with Crippen LogP contribution in [0.5, 0.6) is 0 Å². The van der Waals surface area contributed by atoms with Crippen LogP contribution in [0, 0.1) is 0 Å². The number of carbonyl (C=O) groups is 3. The summed E-state index contributed by atoms with van der Waals surface area (Å²) in [6.45, 7) is 0. The number of allylic oxidation sites excluding steroid dienone is 1. The molecule has 6 N–H and O–H groups in total. The number of aliphatic hydroxyl groups is 1. The van der Waals surface area contributed by atoms with Gasteiger partial charge in [0.25, 0.3) is 0 Å². The average molecular weight is 327 g/mol. The lowest BCUT2D eigenvalue weighted by Gasteiger charge is -2.21. The van der Waals surface area contributed by atoms with Crippen molar-refractivity contribution in [1.82, 2.24) is 0 Å². The third-order valence-electron chi connectivity index (χ3n) is 2.70. The highest BCUT2D eigenvalue weighted by atomic mass is 16.4. The topological polar surface area (TPSA) is 167 Å². The number of fused-ring (bicyclic) bond motifs is 1. The zero-order chi connectivity index (χ0) is 16.7. The molecule has 1 aromatic rings. The van der Waals surface area contributed by atoms with E-state index in [1.165, 1.54) is 4.90 Å². The van der Waals surface area contributed by atoms with Crippen LogP contribution < -0.4 is 4.90 Å². The number of amides is 1. The molecule has 1 aliphatic heterocycles. The first-order valence-electron chi connectivity index (χ1n) is 6.22. The molecule has 0 aromatic heterocycles. The van der Waals surface area contributed by atoms with Gasteiger partial charge in [-0.05, 0) is 18.1 Å². The third-order valence-corrected chi connectivity index (χ3v) is 2.70. The van der Waals surface area contributed by atoms with Gasteiger partial charge in [0.1, 0.15) is 0 Å². The molecule has 1 heterocycles. The highest BCUT2D eigenvalue weighted by Crippen LogP contribution is 2.25. The number of hydrogen-bond donors (Lipinski definition) is 4. The summed E-state index contributed by atoms with van der Waals surface area (Å²) in [5, 5.41) is 33.0. The molecule has 9 nitrogen and oxygen atoms in total. The summed E-state index contributed by atoms with van der Waals surface area (Å²) in [6.07, 6.45) is 0.752. The number of rotatable bonds is 3. The van der Waals surface area contributed by atoms with Crippen LogP contribution >= 0.6 is 0 Å². The van der Waals surface area contributed by atoms with Gasteiger partial charge in [0, 0.05) is 6.20 Å². The van der Waals surface area contributed by atoms with E-state index < -0.39 is 30.6 Å². The average Bonchev–Trinajstić information content (AvgIpc) is 2.46. The second-order valence-electron chi connectivity index (χ2n) is 4.32. The molecule has 0 radical (unpaired) electrons. The Bertz CT molecular complexity index is 598. The Kier molecular flexibility index (Phi) is 8.02. The Balaban J connectivity index is 0.000000434. The quantitative estimate of drug-likeness (QED) is 0.620. The van der Waals surface area contributed by atoms with E-state index in [2.05, 4.69) is 0 Å². The number of hydrogen-bond acceptors (Lipinski definition) is 4. The smallest absolute Gasteiger partial charge is 0.415 e. The van der Waals surface area contributed by atoms with E-state index in [0.717, 1.165) is 17.7 Å². The zero-order valence-corrected chi connectivity index (χ0v) is 11.9. The molecule has 23 heavy (non-hydrogen) atoms. The molecule has 0 aliphatic carbocycles. The second kappa shape index (κ2) is 9.18. The van der Waals surface area contributed by atoms with Crippen molar-refractivity contribution in [3.63, 3.8) is 0 Å². The molecule has 1 aliphatic rings. The third kappa shape index (κ3) is 6.16. The zero-order valence-electron chi connectivity index (χ0n) is 11.9. The fraction of sp³-hybridized carbons (Fsp3) is 0.214. The summed E-state index contributed by atoms with van der Waals surface area (Å²) in [7, 11) is 0. The highest BCUT2D eigenvalue weighted by molar-refractivity contribution is 5.90. The predicted molar refractivity (Wildman–Crippen MR) is 79.3 cm³/mol. The maximum absolute atomic E-state index is 10.8. The number of para-hydroxylation sites is 1. The van der Waals surface area contributed by atoms with E-state index in [1.54, 1.807) is 6.20 Å². The van der Waals surface area contributed by atoms with Gasteiger partial charge < -0.3 is 25.9 Å². The molecule has 0 saturated heterocycles. The predicted octanol–water partition coefficient (Wildman–Crippen LogP) is 0.323. The summed E-state index contributed by atoms with van der Waals surface area (Å²) in [6, 6.07) is 7.51. The van der Waals surface area contributed by atoms with Crippen molar-refractivity contribution in [2.24, 2.45) is 0 Å². The van der Waals surface area contributed by atoms with Crippen molar-refractivity contribution in [3.05, 3.63) is 42.1 Å². The maximum Gasteiger partial charge on any atom is 0.415 e. The van der Waals surface area contributed by atoms with Crippen molar-refractivity contribution in [3.8, 4) is 0 Å². The molecule has 0 spiro atoms. The first-order valence-corrected chi connectivity index (χ1v) is 6.22. The lowest BCUT2D eigenvalue weighted by atomic mass is 10.1. The first kappa shape index (κ1) is 20.1. The van der Waals surface area contributed by atoms with Gasteiger partial charge in [-0.15, -0.1) is 0 Å². The number of benzene rings is 1. The fourth-order valence-electron chi connectivity index (χ4n) is 1.70. The summed E-state index contributed by atoms with van der Waals surface area (Å²) in [5.41, 5.74) is 1.81. The SMILES string of the molecule is O.O=C(O)CC(O)C(=O)O.O=C(O)N1C=CCc2ccccc21. The molecule has 1 amide bonds. The van der Waals surface area contributed by atoms with Gasteiger partial charge in [0.05, 0.1) is 12.1 Å². The Morgan fingerprint density at radius 1 is 1.13 bits per heavy atom. The number of aliphatic carboxylic acids is 2. The lowest BCUT2D eigenvalue weighted by molar-refractivity contribution is -0.152. The summed E-state index contributed by atoms with van der Waals surface area (Å²) < 4.78 is 0. The van der Waals surface area contributed by atoms with Gasteiger partial charge in [-0.2, -0.15) is 0 Å². The molecule has 1 aromatic carbocycles. The van der Waals surface area contributed by atoms with Crippen LogP contribution in [0.2, 0.25) is 0 Å². The van der Waals surface area contributed by atoms with Gasteiger partial charge >= 0.3 is 18.0 Å². The van der Waals surface area contributed by atoms with E-state index in [4.69, 9.17) is 20.4 Å². The Morgan fingerprint density at radius 2 is 1.74 bits per heavy atom. The number of carboxylic acids is 2. The number of nitrogens with zero attached hydrogens (tertiary/aromatic N) is 1. The molecule has 0 saturated carbocycles. The molecule has 1 atom stereocenters. The molecule has 0 fully saturated rings. The maximum atomic E-state index is 10.8.